The van der Waals surface area contributed by atoms with Crippen molar-refractivity contribution in [1.29, 1.82) is 0 Å². The fourth-order valence-corrected chi connectivity index (χ4v) is 4.66. The molecule has 0 amide bonds. The Balaban J connectivity index is 1.54. The molecular formula is C27H31FN4O2. The third-order valence-electron chi connectivity index (χ3n) is 6.46. The Hall–Kier alpha value is -3.29. The number of nitrogens with zero attached hydrogens (tertiary/aromatic N) is 4. The molecule has 1 aliphatic rings. The highest BCUT2D eigenvalue weighted by Gasteiger charge is 2.29. The number of piperazine rings is 1. The van der Waals surface area contributed by atoms with Crippen LogP contribution in [0.5, 0.6) is 0 Å². The van der Waals surface area contributed by atoms with Gasteiger partial charge in [-0.05, 0) is 24.1 Å². The number of halogens is 1. The first kappa shape index (κ1) is 23.9. The molecule has 0 N–H and O–H groups in total. The summed E-state index contributed by atoms with van der Waals surface area (Å²) in [4.78, 5) is 17.4. The highest BCUT2D eigenvalue weighted by molar-refractivity contribution is 5.52. The van der Waals surface area contributed by atoms with E-state index in [4.69, 9.17) is 0 Å². The molecule has 1 fully saturated rings. The third-order valence-corrected chi connectivity index (χ3v) is 6.46. The first-order valence-electron chi connectivity index (χ1n) is 11.8. The predicted octanol–water partition coefficient (Wildman–Crippen LogP) is 4.95. The van der Waals surface area contributed by atoms with Crippen LogP contribution in [-0.2, 0) is 13.1 Å². The van der Waals surface area contributed by atoms with Gasteiger partial charge in [-0.1, -0.05) is 60.7 Å². The molecule has 0 saturated carbocycles. The van der Waals surface area contributed by atoms with Crippen molar-refractivity contribution < 1.29 is 9.31 Å². The highest BCUT2D eigenvalue weighted by Crippen LogP contribution is 2.26. The lowest BCUT2D eigenvalue weighted by atomic mass is 10.1. The minimum absolute atomic E-state index is 0.187. The molecule has 3 aromatic carbocycles. The number of rotatable bonds is 9. The van der Waals surface area contributed by atoms with Crippen LogP contribution in [-0.4, -0.2) is 53.5 Å². The molecule has 7 heteroatoms. The predicted molar refractivity (Wildman–Crippen MR) is 133 cm³/mol. The lowest BCUT2D eigenvalue weighted by molar-refractivity contribution is -0.385. The van der Waals surface area contributed by atoms with E-state index in [1.165, 1.54) is 23.3 Å². The van der Waals surface area contributed by atoms with Crippen molar-refractivity contribution in [3.8, 4) is 0 Å². The van der Waals surface area contributed by atoms with Crippen LogP contribution in [0.1, 0.15) is 18.1 Å². The van der Waals surface area contributed by atoms with Crippen LogP contribution in [0.3, 0.4) is 0 Å². The molecule has 6 nitrogen and oxygen atoms in total. The van der Waals surface area contributed by atoms with E-state index in [1.807, 2.05) is 24.0 Å². The molecule has 34 heavy (non-hydrogen) atoms. The Labute approximate surface area is 200 Å². The summed E-state index contributed by atoms with van der Waals surface area (Å²) in [6.45, 7) is 7.73. The number of nitro benzene ring substituents is 1. The van der Waals surface area contributed by atoms with E-state index in [0.717, 1.165) is 38.8 Å². The Morgan fingerprint density at radius 2 is 1.62 bits per heavy atom. The van der Waals surface area contributed by atoms with Crippen LogP contribution in [0, 0.1) is 15.9 Å². The van der Waals surface area contributed by atoms with E-state index < -0.39 is 10.7 Å². The topological polar surface area (TPSA) is 52.9 Å². The van der Waals surface area contributed by atoms with Crippen molar-refractivity contribution >= 4 is 11.4 Å². The normalized spacial score (nSPS) is 16.9. The summed E-state index contributed by atoms with van der Waals surface area (Å²) in [7, 11) is 0. The Kier molecular flexibility index (Phi) is 7.87. The van der Waals surface area contributed by atoms with Crippen LogP contribution in [0.15, 0.2) is 78.9 Å². The number of hydrogen-bond acceptors (Lipinski definition) is 5. The molecule has 1 saturated heterocycles. The third kappa shape index (κ3) is 5.98. The summed E-state index contributed by atoms with van der Waals surface area (Å²) in [5.41, 5.74) is 2.72. The van der Waals surface area contributed by atoms with Crippen molar-refractivity contribution in [3.63, 3.8) is 0 Å². The smallest absolute Gasteiger partial charge is 0.272 e. The second kappa shape index (κ2) is 11.2. The first-order chi connectivity index (χ1) is 16.5. The average molecular weight is 463 g/mol. The SMILES string of the molecule is CCN(CC1CN(Cc2ccccc2)CCN1Cc1ccccc1)c1ccc([N+](=O)[O-])cc1F. The number of anilines is 1. The highest BCUT2D eigenvalue weighted by atomic mass is 19.1. The van der Waals surface area contributed by atoms with Crippen molar-refractivity contribution in [2.75, 3.05) is 37.6 Å². The minimum Gasteiger partial charge on any atom is -0.368 e. The van der Waals surface area contributed by atoms with Gasteiger partial charge in [0.1, 0.15) is 0 Å². The molecule has 0 aromatic heterocycles. The molecule has 3 aromatic rings. The summed E-state index contributed by atoms with van der Waals surface area (Å²) in [5.74, 6) is -0.553. The number of benzene rings is 3. The van der Waals surface area contributed by atoms with Gasteiger partial charge < -0.3 is 4.90 Å². The van der Waals surface area contributed by atoms with Gasteiger partial charge in [-0.25, -0.2) is 4.39 Å². The summed E-state index contributed by atoms with van der Waals surface area (Å²) in [6, 6.07) is 25.0. The molecule has 1 aliphatic heterocycles. The standard InChI is InChI=1S/C27H31FN4O2/c1-2-30(27-14-13-24(32(33)34)17-26(27)28)21-25-20-29(18-22-9-5-3-6-10-22)15-16-31(25)19-23-11-7-4-8-12-23/h3-14,17,25H,2,15-16,18-21H2,1H3. The molecular weight excluding hydrogens is 431 g/mol. The minimum atomic E-state index is -0.562. The molecule has 0 bridgehead atoms. The van der Waals surface area contributed by atoms with E-state index >= 15 is 0 Å². The quantitative estimate of drug-likeness (QED) is 0.333. The molecule has 178 valence electrons. The van der Waals surface area contributed by atoms with Crippen LogP contribution >= 0.6 is 0 Å². The van der Waals surface area contributed by atoms with Gasteiger partial charge in [0.15, 0.2) is 5.82 Å². The van der Waals surface area contributed by atoms with Crippen LogP contribution < -0.4 is 4.90 Å². The van der Waals surface area contributed by atoms with Gasteiger partial charge in [0.05, 0.1) is 16.7 Å². The number of non-ortho nitro benzene ring substituents is 1. The van der Waals surface area contributed by atoms with Crippen LogP contribution in [0.4, 0.5) is 15.8 Å². The molecule has 0 aliphatic carbocycles. The zero-order chi connectivity index (χ0) is 23.9. The summed E-state index contributed by atoms with van der Waals surface area (Å²) >= 11 is 0. The molecule has 0 radical (unpaired) electrons. The second-order valence-electron chi connectivity index (χ2n) is 8.76. The summed E-state index contributed by atoms with van der Waals surface area (Å²) in [5, 5.41) is 11.0. The number of likely N-dealkylation sites (N-methyl/N-ethyl adjacent to an activating group) is 1. The first-order valence-corrected chi connectivity index (χ1v) is 11.8. The monoisotopic (exact) mass is 462 g/mol. The zero-order valence-corrected chi connectivity index (χ0v) is 19.5. The lowest BCUT2D eigenvalue weighted by Gasteiger charge is -2.43. The van der Waals surface area contributed by atoms with Gasteiger partial charge in [0.2, 0.25) is 0 Å². The Morgan fingerprint density at radius 1 is 0.971 bits per heavy atom. The molecule has 1 unspecified atom stereocenters. The zero-order valence-electron chi connectivity index (χ0n) is 19.5. The van der Waals surface area contributed by atoms with Gasteiger partial charge >= 0.3 is 0 Å². The molecule has 0 spiro atoms. The van der Waals surface area contributed by atoms with Gasteiger partial charge in [0.25, 0.3) is 5.69 Å². The summed E-state index contributed by atoms with van der Waals surface area (Å²) in [6.07, 6.45) is 0. The maximum atomic E-state index is 14.8. The molecule has 1 atom stereocenters. The van der Waals surface area contributed by atoms with Gasteiger partial charge in [-0.2, -0.15) is 0 Å². The largest absolute Gasteiger partial charge is 0.368 e. The van der Waals surface area contributed by atoms with Crippen molar-refractivity contribution in [3.05, 3.63) is 106 Å². The Morgan fingerprint density at radius 3 is 2.21 bits per heavy atom. The fourth-order valence-electron chi connectivity index (χ4n) is 4.66. The van der Waals surface area contributed by atoms with E-state index in [0.29, 0.717) is 18.8 Å². The van der Waals surface area contributed by atoms with Gasteiger partial charge in [-0.15, -0.1) is 0 Å². The van der Waals surface area contributed by atoms with Crippen LogP contribution in [0.2, 0.25) is 0 Å². The maximum Gasteiger partial charge on any atom is 0.272 e. The number of nitro groups is 1. The van der Waals surface area contributed by atoms with Gasteiger partial charge in [0, 0.05) is 57.9 Å². The van der Waals surface area contributed by atoms with E-state index in [9.17, 15) is 14.5 Å². The fraction of sp³-hybridized carbons (Fsp3) is 0.333. The van der Waals surface area contributed by atoms with E-state index in [-0.39, 0.29) is 11.7 Å². The average Bonchev–Trinajstić information content (AvgIpc) is 2.85. The van der Waals surface area contributed by atoms with Crippen molar-refractivity contribution in [2.24, 2.45) is 0 Å². The molecule has 4 rings (SSSR count). The molecule has 1 heterocycles. The van der Waals surface area contributed by atoms with E-state index in [2.05, 4.69) is 58.3 Å². The lowest BCUT2D eigenvalue weighted by Crippen LogP contribution is -2.56. The second-order valence-corrected chi connectivity index (χ2v) is 8.76. The Bertz CT molecular complexity index is 1080. The summed E-state index contributed by atoms with van der Waals surface area (Å²) < 4.78 is 14.8. The van der Waals surface area contributed by atoms with Crippen LogP contribution in [0.25, 0.3) is 0 Å². The van der Waals surface area contributed by atoms with Crippen molar-refractivity contribution in [1.82, 2.24) is 9.80 Å². The van der Waals surface area contributed by atoms with E-state index in [1.54, 1.807) is 0 Å². The maximum absolute atomic E-state index is 14.8. The van der Waals surface area contributed by atoms with Gasteiger partial charge in [-0.3, -0.25) is 19.9 Å². The number of hydrogen-bond donors (Lipinski definition) is 0. The van der Waals surface area contributed by atoms with Crippen molar-refractivity contribution in [2.45, 2.75) is 26.1 Å².